The molecule has 3 heterocycles. The molecule has 6 heteroatoms. The van der Waals surface area contributed by atoms with Gasteiger partial charge in [0.25, 0.3) is 0 Å². The van der Waals surface area contributed by atoms with Crippen LogP contribution >= 0.6 is 0 Å². The van der Waals surface area contributed by atoms with Crippen LogP contribution in [-0.4, -0.2) is 32.9 Å². The SMILES string of the molecule is CC1(C)OB(c2ccc3c4ccccc4n(-c4nc(-c5ccc(-c6ccccc6)c6ccccc56)c5ccccc5n4)c3c2)OC1(C)C. The van der Waals surface area contributed by atoms with Gasteiger partial charge in [0.05, 0.1) is 33.4 Å². The molecular formula is C42H34BN3O2. The molecule has 1 fully saturated rings. The minimum Gasteiger partial charge on any atom is -0.399 e. The summed E-state index contributed by atoms with van der Waals surface area (Å²) >= 11 is 0. The van der Waals surface area contributed by atoms with Gasteiger partial charge in [-0.15, -0.1) is 0 Å². The van der Waals surface area contributed by atoms with E-state index in [4.69, 9.17) is 19.3 Å². The van der Waals surface area contributed by atoms with Crippen molar-refractivity contribution in [2.75, 3.05) is 0 Å². The van der Waals surface area contributed by atoms with Gasteiger partial charge in [-0.1, -0.05) is 115 Å². The Hall–Kier alpha value is -5.30. The van der Waals surface area contributed by atoms with E-state index < -0.39 is 18.3 Å². The molecule has 1 saturated heterocycles. The Morgan fingerprint density at radius 1 is 0.521 bits per heavy atom. The van der Waals surface area contributed by atoms with Crippen LogP contribution in [0.25, 0.3) is 71.8 Å². The van der Waals surface area contributed by atoms with Crippen LogP contribution in [0.1, 0.15) is 27.7 Å². The van der Waals surface area contributed by atoms with Gasteiger partial charge in [-0.05, 0) is 73.3 Å². The molecule has 6 aromatic carbocycles. The Balaban J connectivity index is 1.30. The van der Waals surface area contributed by atoms with Crippen molar-refractivity contribution in [2.24, 2.45) is 0 Å². The number of para-hydroxylation sites is 2. The number of benzene rings is 6. The van der Waals surface area contributed by atoms with Crippen molar-refractivity contribution in [1.82, 2.24) is 14.5 Å². The lowest BCUT2D eigenvalue weighted by molar-refractivity contribution is 0.00578. The van der Waals surface area contributed by atoms with E-state index in [1.807, 2.05) is 6.07 Å². The first-order chi connectivity index (χ1) is 23.3. The van der Waals surface area contributed by atoms with Crippen LogP contribution < -0.4 is 5.46 Å². The van der Waals surface area contributed by atoms with Gasteiger partial charge in [0.1, 0.15) is 0 Å². The van der Waals surface area contributed by atoms with Crippen molar-refractivity contribution in [3.05, 3.63) is 133 Å². The maximum atomic E-state index is 6.47. The van der Waals surface area contributed by atoms with Gasteiger partial charge in [0, 0.05) is 21.7 Å². The van der Waals surface area contributed by atoms with E-state index >= 15 is 0 Å². The summed E-state index contributed by atoms with van der Waals surface area (Å²) in [7, 11) is -0.478. The third kappa shape index (κ3) is 4.40. The molecule has 0 amide bonds. The molecule has 48 heavy (non-hydrogen) atoms. The number of hydrogen-bond donors (Lipinski definition) is 0. The Morgan fingerprint density at radius 3 is 1.85 bits per heavy atom. The second kappa shape index (κ2) is 10.6. The summed E-state index contributed by atoms with van der Waals surface area (Å²) in [6, 6.07) is 46.9. The van der Waals surface area contributed by atoms with Gasteiger partial charge < -0.3 is 9.31 Å². The zero-order valence-electron chi connectivity index (χ0n) is 27.4. The van der Waals surface area contributed by atoms with Gasteiger partial charge in [-0.2, -0.15) is 0 Å². The molecule has 1 aliphatic heterocycles. The maximum Gasteiger partial charge on any atom is 0.494 e. The van der Waals surface area contributed by atoms with E-state index in [-0.39, 0.29) is 0 Å². The third-order valence-corrected chi connectivity index (χ3v) is 10.3. The van der Waals surface area contributed by atoms with Crippen LogP contribution in [-0.2, 0) is 9.31 Å². The number of hydrogen-bond acceptors (Lipinski definition) is 4. The molecule has 0 unspecified atom stereocenters. The summed E-state index contributed by atoms with van der Waals surface area (Å²) < 4.78 is 15.1. The summed E-state index contributed by atoms with van der Waals surface area (Å²) in [5.41, 5.74) is 7.41. The van der Waals surface area contributed by atoms with Gasteiger partial charge in [0.2, 0.25) is 5.95 Å². The monoisotopic (exact) mass is 623 g/mol. The summed E-state index contributed by atoms with van der Waals surface area (Å²) in [5, 5.41) is 5.62. The van der Waals surface area contributed by atoms with Crippen molar-refractivity contribution < 1.29 is 9.31 Å². The molecule has 2 aromatic heterocycles. The molecule has 0 N–H and O–H groups in total. The molecule has 0 saturated carbocycles. The molecule has 1 aliphatic rings. The first kappa shape index (κ1) is 28.9. The van der Waals surface area contributed by atoms with E-state index in [1.54, 1.807) is 0 Å². The Labute approximate surface area is 279 Å². The predicted octanol–water partition coefficient (Wildman–Crippen LogP) is 9.51. The average molecular weight is 624 g/mol. The highest BCUT2D eigenvalue weighted by Crippen LogP contribution is 2.40. The van der Waals surface area contributed by atoms with E-state index in [0.717, 1.165) is 54.8 Å². The molecule has 232 valence electrons. The smallest absolute Gasteiger partial charge is 0.399 e. The second-order valence-corrected chi connectivity index (χ2v) is 13.7. The number of rotatable bonds is 4. The predicted molar refractivity (Wildman–Crippen MR) is 198 cm³/mol. The topological polar surface area (TPSA) is 49.2 Å². The summed E-state index contributed by atoms with van der Waals surface area (Å²) in [6.07, 6.45) is 0. The third-order valence-electron chi connectivity index (χ3n) is 10.3. The fraction of sp³-hybridized carbons (Fsp3) is 0.143. The summed E-state index contributed by atoms with van der Waals surface area (Å²) in [6.45, 7) is 8.35. The normalized spacial score (nSPS) is 15.6. The van der Waals surface area contributed by atoms with Crippen LogP contribution in [0.5, 0.6) is 0 Å². The Morgan fingerprint density at radius 2 is 1.10 bits per heavy atom. The second-order valence-electron chi connectivity index (χ2n) is 13.7. The maximum absolute atomic E-state index is 6.47. The van der Waals surface area contributed by atoms with E-state index in [2.05, 4.69) is 160 Å². The molecule has 0 radical (unpaired) electrons. The molecule has 9 rings (SSSR count). The summed E-state index contributed by atoms with van der Waals surface area (Å²) in [4.78, 5) is 10.6. The van der Waals surface area contributed by atoms with Crippen LogP contribution in [0.2, 0.25) is 0 Å². The Bertz CT molecular complexity index is 2520. The molecule has 0 spiro atoms. The molecule has 0 atom stereocenters. The van der Waals surface area contributed by atoms with Crippen molar-refractivity contribution in [3.63, 3.8) is 0 Å². The van der Waals surface area contributed by atoms with Gasteiger partial charge in [-0.25, -0.2) is 9.97 Å². The van der Waals surface area contributed by atoms with Crippen molar-refractivity contribution in [1.29, 1.82) is 0 Å². The number of aromatic nitrogens is 3. The van der Waals surface area contributed by atoms with Crippen molar-refractivity contribution in [3.8, 4) is 28.3 Å². The lowest BCUT2D eigenvalue weighted by Crippen LogP contribution is -2.41. The molecular weight excluding hydrogens is 589 g/mol. The zero-order chi connectivity index (χ0) is 32.6. The van der Waals surface area contributed by atoms with Crippen molar-refractivity contribution in [2.45, 2.75) is 38.9 Å². The quantitative estimate of drug-likeness (QED) is 0.183. The van der Waals surface area contributed by atoms with E-state index in [9.17, 15) is 0 Å². The van der Waals surface area contributed by atoms with Crippen molar-refractivity contribution >= 4 is 56.1 Å². The molecule has 5 nitrogen and oxygen atoms in total. The molecule has 8 aromatic rings. The molecule has 0 aliphatic carbocycles. The highest BCUT2D eigenvalue weighted by atomic mass is 16.7. The lowest BCUT2D eigenvalue weighted by atomic mass is 9.79. The molecule has 0 bridgehead atoms. The first-order valence-electron chi connectivity index (χ1n) is 16.5. The highest BCUT2D eigenvalue weighted by Gasteiger charge is 2.51. The Kier molecular flexibility index (Phi) is 6.39. The van der Waals surface area contributed by atoms with Crippen LogP contribution in [0, 0.1) is 0 Å². The minimum atomic E-state index is -0.478. The van der Waals surface area contributed by atoms with Crippen LogP contribution in [0.15, 0.2) is 133 Å². The van der Waals surface area contributed by atoms with E-state index in [0.29, 0.717) is 5.95 Å². The van der Waals surface area contributed by atoms with Gasteiger partial charge in [0.15, 0.2) is 0 Å². The lowest BCUT2D eigenvalue weighted by Gasteiger charge is -2.32. The largest absolute Gasteiger partial charge is 0.494 e. The zero-order valence-corrected chi connectivity index (χ0v) is 27.4. The van der Waals surface area contributed by atoms with Gasteiger partial charge >= 0.3 is 7.12 Å². The fourth-order valence-electron chi connectivity index (χ4n) is 7.07. The standard InChI is InChI=1S/C42H34BN3O2/c1-41(2)42(3,4)48-43(47-41)28-22-23-33-32-18-11-13-21-37(32)46(38(33)26-28)40-44-36-20-12-10-19-35(36)39(45-40)34-25-24-29(27-14-6-5-7-15-27)30-16-8-9-17-31(30)34/h5-26H,1-4H3. The number of fused-ring (bicyclic) bond motifs is 5. The van der Waals surface area contributed by atoms with Crippen LogP contribution in [0.3, 0.4) is 0 Å². The van der Waals surface area contributed by atoms with Crippen LogP contribution in [0.4, 0.5) is 0 Å². The minimum absolute atomic E-state index is 0.436. The first-order valence-corrected chi connectivity index (χ1v) is 16.5. The highest BCUT2D eigenvalue weighted by molar-refractivity contribution is 6.62. The van der Waals surface area contributed by atoms with E-state index in [1.165, 1.54) is 16.5 Å². The average Bonchev–Trinajstić information content (AvgIpc) is 3.56. The van der Waals surface area contributed by atoms with Gasteiger partial charge in [-0.3, -0.25) is 4.57 Å². The number of nitrogens with zero attached hydrogens (tertiary/aromatic N) is 3. The summed E-state index contributed by atoms with van der Waals surface area (Å²) in [5.74, 6) is 0.622. The fourth-order valence-corrected chi connectivity index (χ4v) is 7.07.